The Morgan fingerprint density at radius 2 is 1.31 bits per heavy atom. The van der Waals surface area contributed by atoms with Gasteiger partial charge in [-0.15, -0.1) is 0 Å². The number of halogens is 1. The van der Waals surface area contributed by atoms with E-state index in [4.69, 9.17) is 14.2 Å². The summed E-state index contributed by atoms with van der Waals surface area (Å²) in [5.74, 6) is -0.0810. The molecule has 0 spiro atoms. The average molecular weight is 518 g/mol. The summed E-state index contributed by atoms with van der Waals surface area (Å²) in [5.41, 5.74) is 0. The van der Waals surface area contributed by atoms with Crippen LogP contribution in [0.5, 0.6) is 0 Å². The molecule has 0 aromatic carbocycles. The fourth-order valence-electron chi connectivity index (χ4n) is 3.15. The fourth-order valence-corrected chi connectivity index (χ4v) is 3.55. The maximum Gasteiger partial charge on any atom is 0.305 e. The fraction of sp³-hybridized carbons (Fsp3) is 0.815. The van der Waals surface area contributed by atoms with Gasteiger partial charge in [-0.25, -0.2) is 0 Å². The molecule has 0 amide bonds. The lowest BCUT2D eigenvalue weighted by Crippen LogP contribution is -2.19. The first-order valence-electron chi connectivity index (χ1n) is 13.0. The van der Waals surface area contributed by atoms with Gasteiger partial charge < -0.3 is 14.2 Å². The van der Waals surface area contributed by atoms with Gasteiger partial charge in [-0.3, -0.25) is 4.79 Å². The van der Waals surface area contributed by atoms with Crippen LogP contribution in [0, 0.1) is 0 Å². The highest BCUT2D eigenvalue weighted by molar-refractivity contribution is 9.09. The molecule has 0 saturated carbocycles. The van der Waals surface area contributed by atoms with Crippen LogP contribution in [0.15, 0.2) is 24.3 Å². The van der Waals surface area contributed by atoms with Gasteiger partial charge in [0.2, 0.25) is 0 Å². The molecule has 32 heavy (non-hydrogen) atoms. The second-order valence-electron chi connectivity index (χ2n) is 8.14. The molecule has 0 heterocycles. The lowest BCUT2D eigenvalue weighted by atomic mass is 10.2. The van der Waals surface area contributed by atoms with E-state index >= 15 is 0 Å². The molecule has 0 rings (SSSR count). The van der Waals surface area contributed by atoms with Crippen molar-refractivity contribution in [2.24, 2.45) is 0 Å². The maximum atomic E-state index is 11.9. The highest BCUT2D eigenvalue weighted by Gasteiger charge is 2.10. The number of unbranched alkanes of at least 4 members (excludes halogenated alkanes) is 7. The molecule has 188 valence electrons. The number of esters is 1. The number of carbonyl (C=O) groups is 1. The van der Waals surface area contributed by atoms with E-state index in [1.807, 2.05) is 0 Å². The normalized spacial score (nSPS) is 11.9. The standard InChI is InChI=1S/C27H49BrO4/c1-3-5-7-9-11-17-24-31-27(32-25-18-12-10-8-6-4-2)21-15-14-20-26(29)30-23-19-13-16-22-28/h5-8,27H,3-4,9-25H2,1-2H3/b7-5-,8-6-. The first-order chi connectivity index (χ1) is 15.7. The van der Waals surface area contributed by atoms with Crippen LogP contribution in [-0.4, -0.2) is 37.4 Å². The Bertz CT molecular complexity index is 427. The zero-order valence-corrected chi connectivity index (χ0v) is 22.4. The summed E-state index contributed by atoms with van der Waals surface area (Å²) >= 11 is 3.41. The summed E-state index contributed by atoms with van der Waals surface area (Å²) < 4.78 is 17.4. The Morgan fingerprint density at radius 3 is 1.88 bits per heavy atom. The van der Waals surface area contributed by atoms with E-state index < -0.39 is 0 Å². The van der Waals surface area contributed by atoms with Crippen molar-refractivity contribution in [3.63, 3.8) is 0 Å². The molecular formula is C27H49BrO4. The molecule has 0 bridgehead atoms. The summed E-state index contributed by atoms with van der Waals surface area (Å²) in [7, 11) is 0. The molecule has 4 nitrogen and oxygen atoms in total. The Kier molecular flexibility index (Phi) is 26.1. The van der Waals surface area contributed by atoms with E-state index in [-0.39, 0.29) is 12.3 Å². The number of ether oxygens (including phenoxy) is 3. The average Bonchev–Trinajstić information content (AvgIpc) is 2.79. The van der Waals surface area contributed by atoms with Crippen LogP contribution in [0.1, 0.15) is 110 Å². The van der Waals surface area contributed by atoms with Gasteiger partial charge >= 0.3 is 5.97 Å². The molecule has 0 radical (unpaired) electrons. The molecule has 0 aliphatic carbocycles. The van der Waals surface area contributed by atoms with E-state index in [0.29, 0.717) is 13.0 Å². The number of carbonyl (C=O) groups excluding carboxylic acids is 1. The highest BCUT2D eigenvalue weighted by Crippen LogP contribution is 2.12. The number of alkyl halides is 1. The predicted molar refractivity (Wildman–Crippen MR) is 139 cm³/mol. The van der Waals surface area contributed by atoms with Crippen molar-refractivity contribution in [2.45, 2.75) is 116 Å². The molecule has 0 N–H and O–H groups in total. The van der Waals surface area contributed by atoms with Crippen LogP contribution in [0.2, 0.25) is 0 Å². The molecule has 5 heteroatoms. The van der Waals surface area contributed by atoms with Crippen molar-refractivity contribution < 1.29 is 19.0 Å². The molecule has 0 unspecified atom stereocenters. The molecular weight excluding hydrogens is 468 g/mol. The third-order valence-corrected chi connectivity index (χ3v) is 5.61. The lowest BCUT2D eigenvalue weighted by molar-refractivity contribution is -0.149. The van der Waals surface area contributed by atoms with Gasteiger partial charge in [0.25, 0.3) is 0 Å². The highest BCUT2D eigenvalue weighted by atomic mass is 79.9. The Hall–Kier alpha value is -0.650. The van der Waals surface area contributed by atoms with Gasteiger partial charge in [0.05, 0.1) is 6.61 Å². The maximum absolute atomic E-state index is 11.9. The van der Waals surface area contributed by atoms with Crippen LogP contribution in [0.4, 0.5) is 0 Å². The van der Waals surface area contributed by atoms with E-state index in [2.05, 4.69) is 54.1 Å². The monoisotopic (exact) mass is 516 g/mol. The van der Waals surface area contributed by atoms with E-state index in [9.17, 15) is 4.79 Å². The second-order valence-corrected chi connectivity index (χ2v) is 8.93. The van der Waals surface area contributed by atoms with E-state index in [1.165, 1.54) is 0 Å². The number of rotatable bonds is 24. The number of hydrogen-bond donors (Lipinski definition) is 0. The van der Waals surface area contributed by atoms with Crippen LogP contribution in [0.25, 0.3) is 0 Å². The third kappa shape index (κ3) is 24.0. The molecule has 0 fully saturated rings. The minimum Gasteiger partial charge on any atom is -0.466 e. The lowest BCUT2D eigenvalue weighted by Gasteiger charge is -2.18. The first kappa shape index (κ1) is 31.4. The Morgan fingerprint density at radius 1 is 0.719 bits per heavy atom. The van der Waals surface area contributed by atoms with Crippen molar-refractivity contribution in [1.29, 1.82) is 0 Å². The summed E-state index contributed by atoms with van der Waals surface area (Å²) in [5, 5.41) is 1.01. The Balaban J connectivity index is 4.01. The minimum absolute atomic E-state index is 0.0810. The van der Waals surface area contributed by atoms with Crippen LogP contribution < -0.4 is 0 Å². The van der Waals surface area contributed by atoms with Crippen molar-refractivity contribution >= 4 is 21.9 Å². The summed E-state index contributed by atoms with van der Waals surface area (Å²) in [6.07, 6.45) is 23.9. The second kappa shape index (κ2) is 26.6. The summed E-state index contributed by atoms with van der Waals surface area (Å²) in [6, 6.07) is 0. The number of hydrogen-bond acceptors (Lipinski definition) is 4. The summed E-state index contributed by atoms with van der Waals surface area (Å²) in [4.78, 5) is 11.9. The predicted octanol–water partition coefficient (Wildman–Crippen LogP) is 8.29. The van der Waals surface area contributed by atoms with Crippen LogP contribution in [-0.2, 0) is 19.0 Å². The topological polar surface area (TPSA) is 44.8 Å². The third-order valence-electron chi connectivity index (χ3n) is 5.05. The molecule has 0 saturated heterocycles. The quantitative estimate of drug-likeness (QED) is 0.0425. The van der Waals surface area contributed by atoms with Gasteiger partial charge in [-0.2, -0.15) is 0 Å². The SMILES string of the molecule is CC/C=C\CCCCOC(CCCCC(=O)OCCCCCBr)OCCCC/C=C\CC. The van der Waals surface area contributed by atoms with Crippen LogP contribution in [0.3, 0.4) is 0 Å². The molecule has 0 aromatic heterocycles. The zero-order valence-electron chi connectivity index (χ0n) is 20.8. The molecule has 0 atom stereocenters. The van der Waals surface area contributed by atoms with Gasteiger partial charge in [0, 0.05) is 25.0 Å². The molecule has 0 aliphatic rings. The van der Waals surface area contributed by atoms with Gasteiger partial charge in [-0.05, 0) is 89.9 Å². The largest absolute Gasteiger partial charge is 0.466 e. The van der Waals surface area contributed by atoms with Gasteiger partial charge in [0.15, 0.2) is 6.29 Å². The van der Waals surface area contributed by atoms with Crippen molar-refractivity contribution in [3.05, 3.63) is 24.3 Å². The Labute approximate surface area is 206 Å². The molecule has 0 aliphatic heterocycles. The molecule has 0 aromatic rings. The van der Waals surface area contributed by atoms with Gasteiger partial charge in [0.1, 0.15) is 0 Å². The van der Waals surface area contributed by atoms with Crippen molar-refractivity contribution in [3.8, 4) is 0 Å². The minimum atomic E-state index is -0.160. The van der Waals surface area contributed by atoms with Crippen molar-refractivity contribution in [1.82, 2.24) is 0 Å². The first-order valence-corrected chi connectivity index (χ1v) is 14.1. The smallest absolute Gasteiger partial charge is 0.305 e. The summed E-state index contributed by atoms with van der Waals surface area (Å²) in [6.45, 7) is 6.34. The number of allylic oxidation sites excluding steroid dienone is 4. The zero-order chi connectivity index (χ0) is 23.5. The van der Waals surface area contributed by atoms with Crippen molar-refractivity contribution in [2.75, 3.05) is 25.2 Å². The van der Waals surface area contributed by atoms with Gasteiger partial charge in [-0.1, -0.05) is 54.1 Å². The van der Waals surface area contributed by atoms with E-state index in [1.54, 1.807) is 0 Å². The van der Waals surface area contributed by atoms with E-state index in [0.717, 1.165) is 108 Å². The van der Waals surface area contributed by atoms with Crippen LogP contribution >= 0.6 is 15.9 Å².